The molecule has 0 radical (unpaired) electrons. The summed E-state index contributed by atoms with van der Waals surface area (Å²) in [6, 6.07) is 9.93. The number of nitrogens with one attached hydrogen (secondary N) is 4. The number of amides is 1. The van der Waals surface area contributed by atoms with Gasteiger partial charge in [0.25, 0.3) is 0 Å². The van der Waals surface area contributed by atoms with Gasteiger partial charge >= 0.3 is 20.3 Å². The van der Waals surface area contributed by atoms with Crippen LogP contribution in [0.1, 0.15) is 75.2 Å². The lowest BCUT2D eigenvalue weighted by Gasteiger charge is -2.42. The van der Waals surface area contributed by atoms with Crippen LogP contribution in [0, 0.1) is 5.82 Å². The van der Waals surface area contributed by atoms with E-state index in [2.05, 4.69) is 20.7 Å². The van der Waals surface area contributed by atoms with Crippen LogP contribution in [0.25, 0.3) is 0 Å². The van der Waals surface area contributed by atoms with Gasteiger partial charge in [-0.25, -0.2) is 17.6 Å². The number of hydrogen-bond acceptors (Lipinski definition) is 11. The summed E-state index contributed by atoms with van der Waals surface area (Å²) in [6.07, 6.45) is 1.57. The van der Waals surface area contributed by atoms with E-state index in [0.29, 0.717) is 41.7 Å². The Morgan fingerprint density at radius 2 is 1.31 bits per heavy atom. The quantitative estimate of drug-likeness (QED) is 0.142. The Balaban J connectivity index is 1.41. The number of rotatable bonds is 14. The maximum Gasteiger partial charge on any atom is 0.494 e. The second-order valence-electron chi connectivity index (χ2n) is 15.5. The maximum absolute atomic E-state index is 15.2. The van der Waals surface area contributed by atoms with Gasteiger partial charge in [0.1, 0.15) is 11.4 Å². The fourth-order valence-corrected chi connectivity index (χ4v) is 6.46. The summed E-state index contributed by atoms with van der Waals surface area (Å²) >= 11 is 0. The summed E-state index contributed by atoms with van der Waals surface area (Å²) in [5, 5.41) is 17.9. The molecule has 4 rings (SSSR count). The molecule has 0 aliphatic carbocycles. The first-order valence-electron chi connectivity index (χ1n) is 17.1. The lowest BCUT2D eigenvalue weighted by molar-refractivity contribution is -0.0576. The van der Waals surface area contributed by atoms with Crippen LogP contribution in [0.15, 0.2) is 36.4 Å². The van der Waals surface area contributed by atoms with Crippen LogP contribution < -0.4 is 31.6 Å². The largest absolute Gasteiger partial charge is 0.494 e. The van der Waals surface area contributed by atoms with Gasteiger partial charge in [-0.15, -0.1) is 0 Å². The molecule has 2 aliphatic rings. The molecule has 0 bridgehead atoms. The lowest BCUT2D eigenvalue weighted by Crippen LogP contribution is -2.50. The number of hydrogen-bond donors (Lipinski definition) is 5. The van der Waals surface area contributed by atoms with Crippen LogP contribution in [0.2, 0.25) is 0 Å². The molecule has 2 unspecified atom stereocenters. The monoisotopic (exact) mass is 734 g/mol. The molecule has 2 atom stereocenters. The van der Waals surface area contributed by atoms with Crippen molar-refractivity contribution in [1.29, 1.82) is 0 Å². The zero-order valence-corrected chi connectivity index (χ0v) is 32.2. The predicted octanol–water partition coefficient (Wildman–Crippen LogP) is 3.58. The van der Waals surface area contributed by atoms with Crippen molar-refractivity contribution in [2.24, 2.45) is 0 Å². The Morgan fingerprint density at radius 1 is 0.804 bits per heavy atom. The standard InChI is InChI=1S/C34H53B2FN4O9S/c1-30(2,3)46-29(43)40-18-17-38-26-13-11-23(21-25(26)37)35-47-31(4,5)33(8,49-35)15-16-34(9)32(6,7)48-36(50-34)24-12-14-27(39-19-20-42)28(22-24)41-51(10,44)45/h11-14,21-22,38-39,41-42H,15-20H2,1-10H3,(H,40,43). The third kappa shape index (κ3) is 10.1. The summed E-state index contributed by atoms with van der Waals surface area (Å²) in [5.41, 5.74) is -1.41. The van der Waals surface area contributed by atoms with Gasteiger partial charge in [0, 0.05) is 19.6 Å². The first kappa shape index (κ1) is 40.7. The van der Waals surface area contributed by atoms with Crippen molar-refractivity contribution in [3.05, 3.63) is 42.2 Å². The SMILES string of the molecule is CC(C)(C)OC(=O)NCCNc1ccc(B2OC(C)(C)C(C)(CCC3(C)OB(c4ccc(NCCO)c(NS(C)(=O)=O)c4)OC3(C)C)O2)cc1F. The number of carbonyl (C=O) groups is 1. The fraction of sp³-hybridized carbons (Fsp3) is 0.618. The average molecular weight is 735 g/mol. The van der Waals surface area contributed by atoms with Crippen LogP contribution in [0.5, 0.6) is 0 Å². The Labute approximate surface area is 302 Å². The molecule has 13 nitrogen and oxygen atoms in total. The molecule has 2 aromatic rings. The highest BCUT2D eigenvalue weighted by molar-refractivity contribution is 7.92. The van der Waals surface area contributed by atoms with Gasteiger partial charge in [-0.2, -0.15) is 0 Å². The maximum atomic E-state index is 15.2. The van der Waals surface area contributed by atoms with Crippen LogP contribution in [-0.4, -0.2) is 94.4 Å². The number of alkyl carbamates (subject to hydrolysis) is 1. The molecule has 5 N–H and O–H groups in total. The molecule has 2 heterocycles. The molecule has 17 heteroatoms. The number of aliphatic hydroxyl groups is 1. The molecule has 1 amide bonds. The minimum Gasteiger partial charge on any atom is -0.444 e. The van der Waals surface area contributed by atoms with E-state index in [1.807, 2.05) is 41.5 Å². The smallest absolute Gasteiger partial charge is 0.444 e. The van der Waals surface area contributed by atoms with Gasteiger partial charge in [-0.05, 0) is 110 Å². The zero-order chi connectivity index (χ0) is 38.0. The van der Waals surface area contributed by atoms with Gasteiger partial charge in [0.05, 0.1) is 52.3 Å². The third-order valence-electron chi connectivity index (χ3n) is 9.58. The Hall–Kier alpha value is -3.08. The minimum absolute atomic E-state index is 0.120. The molecule has 2 aliphatic heterocycles. The minimum atomic E-state index is -3.59. The second kappa shape index (κ2) is 15.1. The van der Waals surface area contributed by atoms with Gasteiger partial charge in [0.2, 0.25) is 10.0 Å². The number of carbonyl (C=O) groups excluding carboxylic acids is 1. The zero-order valence-electron chi connectivity index (χ0n) is 31.4. The summed E-state index contributed by atoms with van der Waals surface area (Å²) in [5.74, 6) is -0.479. The van der Waals surface area contributed by atoms with Crippen LogP contribution in [0.3, 0.4) is 0 Å². The van der Waals surface area contributed by atoms with E-state index in [4.69, 9.17) is 23.4 Å². The highest BCUT2D eigenvalue weighted by Crippen LogP contribution is 2.46. The number of aliphatic hydroxyl groups excluding tert-OH is 1. The molecule has 0 spiro atoms. The van der Waals surface area contributed by atoms with Crippen molar-refractivity contribution < 1.29 is 46.1 Å². The molecule has 282 valence electrons. The Kier molecular flexibility index (Phi) is 12.1. The van der Waals surface area contributed by atoms with Crippen molar-refractivity contribution in [3.8, 4) is 0 Å². The molecule has 2 fully saturated rings. The van der Waals surface area contributed by atoms with Crippen LogP contribution in [-0.2, 0) is 33.4 Å². The van der Waals surface area contributed by atoms with E-state index in [-0.39, 0.29) is 25.4 Å². The lowest BCUT2D eigenvalue weighted by atomic mass is 9.76. The molecule has 0 saturated carbocycles. The first-order valence-corrected chi connectivity index (χ1v) is 19.0. The van der Waals surface area contributed by atoms with E-state index in [1.54, 1.807) is 51.1 Å². The fourth-order valence-electron chi connectivity index (χ4n) is 5.89. The van der Waals surface area contributed by atoms with E-state index < -0.39 is 64.2 Å². The van der Waals surface area contributed by atoms with Crippen molar-refractivity contribution in [2.45, 2.75) is 103 Å². The molecular weight excluding hydrogens is 681 g/mol. The molecule has 51 heavy (non-hydrogen) atoms. The summed E-state index contributed by atoms with van der Waals surface area (Å²) in [4.78, 5) is 11.9. The number of sulfonamides is 1. The van der Waals surface area contributed by atoms with Crippen molar-refractivity contribution >= 4 is 58.3 Å². The highest BCUT2D eigenvalue weighted by Gasteiger charge is 2.59. The van der Waals surface area contributed by atoms with Gasteiger partial charge in [-0.3, -0.25) is 4.72 Å². The number of halogens is 1. The Morgan fingerprint density at radius 3 is 1.80 bits per heavy atom. The Bertz CT molecular complexity index is 1680. The highest BCUT2D eigenvalue weighted by atomic mass is 32.2. The second-order valence-corrected chi connectivity index (χ2v) is 17.3. The molecule has 2 saturated heterocycles. The van der Waals surface area contributed by atoms with Gasteiger partial charge in [0.15, 0.2) is 0 Å². The van der Waals surface area contributed by atoms with E-state index in [0.717, 1.165) is 6.26 Å². The number of anilines is 3. The van der Waals surface area contributed by atoms with E-state index in [1.165, 1.54) is 6.07 Å². The van der Waals surface area contributed by atoms with Gasteiger partial charge < -0.3 is 44.4 Å². The van der Waals surface area contributed by atoms with Crippen molar-refractivity contribution in [1.82, 2.24) is 5.32 Å². The topological polar surface area (TPSA) is 166 Å². The van der Waals surface area contributed by atoms with E-state index >= 15 is 4.39 Å². The third-order valence-corrected chi connectivity index (χ3v) is 10.2. The average Bonchev–Trinajstić information content (AvgIpc) is 3.39. The van der Waals surface area contributed by atoms with E-state index in [9.17, 15) is 18.3 Å². The predicted molar refractivity (Wildman–Crippen MR) is 199 cm³/mol. The summed E-state index contributed by atoms with van der Waals surface area (Å²) < 4.78 is 73.1. The number of benzene rings is 2. The van der Waals surface area contributed by atoms with Crippen molar-refractivity contribution in [2.75, 3.05) is 47.9 Å². The molecule has 2 aromatic carbocycles. The first-order chi connectivity index (χ1) is 23.5. The normalized spacial score (nSPS) is 22.9. The van der Waals surface area contributed by atoms with Crippen molar-refractivity contribution in [3.63, 3.8) is 0 Å². The van der Waals surface area contributed by atoms with Crippen LogP contribution >= 0.6 is 0 Å². The molecule has 0 aromatic heterocycles. The van der Waals surface area contributed by atoms with Crippen LogP contribution in [0.4, 0.5) is 26.2 Å². The van der Waals surface area contributed by atoms with Gasteiger partial charge in [-0.1, -0.05) is 12.1 Å². The summed E-state index contributed by atoms with van der Waals surface area (Å²) in [7, 11) is -5.18. The molecular formula is C34H53B2FN4O9S. The summed E-state index contributed by atoms with van der Waals surface area (Å²) in [6.45, 7) is 17.8. The number of ether oxygens (including phenoxy) is 1.